The first-order chi connectivity index (χ1) is 22.1. The van der Waals surface area contributed by atoms with E-state index < -0.39 is 0 Å². The maximum absolute atomic E-state index is 11.5. The number of benzene rings is 2. The minimum atomic E-state index is 0.0299. The van der Waals surface area contributed by atoms with Gasteiger partial charge in [-0.25, -0.2) is 0 Å². The number of hydrogen-bond donors (Lipinski definition) is 0. The molecule has 258 valence electrons. The van der Waals surface area contributed by atoms with Crippen molar-refractivity contribution in [3.8, 4) is 11.5 Å². The average molecular weight is 635 g/mol. The quantitative estimate of drug-likeness (QED) is 0.0805. The van der Waals surface area contributed by atoms with E-state index in [0.29, 0.717) is 35.8 Å². The molecule has 0 unspecified atom stereocenters. The molecule has 0 fully saturated rings. The first-order valence-electron chi connectivity index (χ1n) is 18.5. The zero-order valence-electron chi connectivity index (χ0n) is 30.4. The van der Waals surface area contributed by atoms with Crippen molar-refractivity contribution < 1.29 is 19.1 Å². The highest BCUT2D eigenvalue weighted by molar-refractivity contribution is 5.80. The largest absolute Gasteiger partial charge is 0.493 e. The summed E-state index contributed by atoms with van der Waals surface area (Å²) in [6, 6.07) is 12.0. The van der Waals surface area contributed by atoms with Crippen LogP contribution in [0.3, 0.4) is 0 Å². The minimum absolute atomic E-state index is 0.0299. The molecule has 0 aliphatic carbocycles. The fourth-order valence-electron chi connectivity index (χ4n) is 5.87. The lowest BCUT2D eigenvalue weighted by Crippen LogP contribution is -2.12. The summed E-state index contributed by atoms with van der Waals surface area (Å²) in [5, 5.41) is 0. The van der Waals surface area contributed by atoms with E-state index >= 15 is 0 Å². The van der Waals surface area contributed by atoms with Gasteiger partial charge in [-0.3, -0.25) is 9.59 Å². The molecular weight excluding hydrogens is 568 g/mol. The van der Waals surface area contributed by atoms with Crippen molar-refractivity contribution in [3.05, 3.63) is 58.7 Å². The van der Waals surface area contributed by atoms with Crippen molar-refractivity contribution in [3.63, 3.8) is 0 Å². The van der Waals surface area contributed by atoms with Crippen LogP contribution in [0.5, 0.6) is 11.5 Å². The lowest BCUT2D eigenvalue weighted by Gasteiger charge is -2.20. The Morgan fingerprint density at radius 3 is 0.935 bits per heavy atom. The minimum Gasteiger partial charge on any atom is -0.493 e. The van der Waals surface area contributed by atoms with Crippen LogP contribution in [0.4, 0.5) is 0 Å². The summed E-state index contributed by atoms with van der Waals surface area (Å²) in [4.78, 5) is 23.0. The Labute approximate surface area is 282 Å². The van der Waals surface area contributed by atoms with Gasteiger partial charge in [-0.2, -0.15) is 0 Å². The van der Waals surface area contributed by atoms with E-state index in [0.717, 1.165) is 36.5 Å². The molecule has 2 aromatic carbocycles. The molecule has 0 aliphatic rings. The number of carbonyl (C=O) groups is 2. The fourth-order valence-corrected chi connectivity index (χ4v) is 5.87. The summed E-state index contributed by atoms with van der Waals surface area (Å²) in [7, 11) is 0. The smallest absolute Gasteiger partial charge is 0.153 e. The SMILES string of the molecule is CC(C)(C)c1ccc(OCCCCCCCCCCCCCCCCCCCCOc2ccc(C(C)(C)C)cc2C=O)c(C=O)c1. The van der Waals surface area contributed by atoms with Crippen molar-refractivity contribution in [1.82, 2.24) is 0 Å². The number of ether oxygens (including phenoxy) is 2. The van der Waals surface area contributed by atoms with Gasteiger partial charge in [0.05, 0.1) is 24.3 Å². The number of hydrogen-bond acceptors (Lipinski definition) is 4. The van der Waals surface area contributed by atoms with Crippen molar-refractivity contribution in [2.24, 2.45) is 0 Å². The molecule has 0 heterocycles. The van der Waals surface area contributed by atoms with Gasteiger partial charge in [-0.1, -0.05) is 156 Å². The highest BCUT2D eigenvalue weighted by atomic mass is 16.5. The summed E-state index contributed by atoms with van der Waals surface area (Å²) in [6.45, 7) is 14.3. The molecule has 0 radical (unpaired) electrons. The molecule has 46 heavy (non-hydrogen) atoms. The first-order valence-corrected chi connectivity index (χ1v) is 18.5. The third kappa shape index (κ3) is 16.3. The van der Waals surface area contributed by atoms with Crippen molar-refractivity contribution >= 4 is 12.6 Å². The van der Waals surface area contributed by atoms with Gasteiger partial charge in [0.2, 0.25) is 0 Å². The maximum Gasteiger partial charge on any atom is 0.153 e. The number of aldehydes is 2. The summed E-state index contributed by atoms with van der Waals surface area (Å²) < 4.78 is 11.8. The Morgan fingerprint density at radius 2 is 0.696 bits per heavy atom. The van der Waals surface area contributed by atoms with E-state index in [1.54, 1.807) is 0 Å². The zero-order valence-corrected chi connectivity index (χ0v) is 30.4. The summed E-state index contributed by atoms with van der Waals surface area (Å²) in [5.41, 5.74) is 3.70. The van der Waals surface area contributed by atoms with Gasteiger partial charge < -0.3 is 9.47 Å². The Kier molecular flexibility index (Phi) is 19.0. The molecule has 0 amide bonds. The summed E-state index contributed by atoms with van der Waals surface area (Å²) >= 11 is 0. The van der Waals surface area contributed by atoms with Gasteiger partial charge in [0.1, 0.15) is 11.5 Å². The normalized spacial score (nSPS) is 11.9. The zero-order chi connectivity index (χ0) is 33.7. The van der Waals surface area contributed by atoms with E-state index in [2.05, 4.69) is 53.7 Å². The van der Waals surface area contributed by atoms with E-state index in [-0.39, 0.29) is 10.8 Å². The highest BCUT2D eigenvalue weighted by Crippen LogP contribution is 2.29. The Bertz CT molecular complexity index is 1030. The topological polar surface area (TPSA) is 52.6 Å². The van der Waals surface area contributed by atoms with Crippen LogP contribution in [-0.2, 0) is 10.8 Å². The van der Waals surface area contributed by atoms with Gasteiger partial charge in [0, 0.05) is 0 Å². The number of rotatable bonds is 25. The molecule has 0 saturated heterocycles. The van der Waals surface area contributed by atoms with Crippen molar-refractivity contribution in [2.75, 3.05) is 13.2 Å². The summed E-state index contributed by atoms with van der Waals surface area (Å²) in [6.07, 6.45) is 25.2. The Morgan fingerprint density at radius 1 is 0.435 bits per heavy atom. The van der Waals surface area contributed by atoms with Crippen LogP contribution in [0.1, 0.15) is 189 Å². The van der Waals surface area contributed by atoms with E-state index in [1.807, 2.05) is 24.3 Å². The lowest BCUT2D eigenvalue weighted by atomic mass is 9.86. The Hall–Kier alpha value is -2.62. The van der Waals surface area contributed by atoms with Crippen LogP contribution < -0.4 is 9.47 Å². The third-order valence-corrected chi connectivity index (χ3v) is 9.06. The molecule has 0 bridgehead atoms. The number of unbranched alkanes of at least 4 members (excludes halogenated alkanes) is 17. The van der Waals surface area contributed by atoms with E-state index in [1.165, 1.54) is 103 Å². The predicted octanol–water partition coefficient (Wildman–Crippen LogP) is 12.4. The molecule has 0 aromatic heterocycles. The lowest BCUT2D eigenvalue weighted by molar-refractivity contribution is 0.111. The van der Waals surface area contributed by atoms with Crippen molar-refractivity contribution in [1.29, 1.82) is 0 Å². The maximum atomic E-state index is 11.5. The predicted molar refractivity (Wildman–Crippen MR) is 195 cm³/mol. The molecule has 0 saturated carbocycles. The highest BCUT2D eigenvalue weighted by Gasteiger charge is 2.17. The molecule has 0 aliphatic heterocycles. The van der Waals surface area contributed by atoms with Gasteiger partial charge in [0.15, 0.2) is 12.6 Å². The second-order valence-corrected chi connectivity index (χ2v) is 15.3. The van der Waals surface area contributed by atoms with E-state index in [9.17, 15) is 9.59 Å². The Balaban J connectivity index is 1.33. The number of carbonyl (C=O) groups excluding carboxylic acids is 2. The standard InChI is InChI=1S/C42H66O4/c1-41(2,3)37-25-27-39(35(31-37)33-43)45-29-23-21-19-17-15-13-11-9-7-8-10-12-14-16-18-20-22-24-30-46-40-28-26-38(42(4,5)6)32-36(40)34-44/h25-28,31-34H,7-24,29-30H2,1-6H3. The van der Waals surface area contributed by atoms with Crippen LogP contribution in [0.2, 0.25) is 0 Å². The molecule has 4 nitrogen and oxygen atoms in total. The van der Waals surface area contributed by atoms with Crippen molar-refractivity contribution in [2.45, 2.75) is 168 Å². The third-order valence-electron chi connectivity index (χ3n) is 9.06. The van der Waals surface area contributed by atoms with Gasteiger partial charge >= 0.3 is 0 Å². The molecule has 0 spiro atoms. The second kappa shape index (κ2) is 22.0. The van der Waals surface area contributed by atoms with Crippen LogP contribution in [0.15, 0.2) is 36.4 Å². The van der Waals surface area contributed by atoms with Crippen LogP contribution >= 0.6 is 0 Å². The molecule has 0 atom stereocenters. The monoisotopic (exact) mass is 634 g/mol. The molecule has 4 heteroatoms. The fraction of sp³-hybridized carbons (Fsp3) is 0.667. The van der Waals surface area contributed by atoms with Gasteiger partial charge in [0.25, 0.3) is 0 Å². The van der Waals surface area contributed by atoms with Crippen LogP contribution in [0.25, 0.3) is 0 Å². The molecular formula is C42H66O4. The van der Waals surface area contributed by atoms with Gasteiger partial charge in [-0.05, 0) is 59.1 Å². The first kappa shape index (κ1) is 39.6. The van der Waals surface area contributed by atoms with Crippen LogP contribution in [0, 0.1) is 0 Å². The van der Waals surface area contributed by atoms with Crippen LogP contribution in [-0.4, -0.2) is 25.8 Å². The summed E-state index contributed by atoms with van der Waals surface area (Å²) in [5.74, 6) is 1.43. The molecule has 2 rings (SSSR count). The molecule has 2 aromatic rings. The van der Waals surface area contributed by atoms with E-state index in [4.69, 9.17) is 9.47 Å². The second-order valence-electron chi connectivity index (χ2n) is 15.3. The molecule has 0 N–H and O–H groups in total. The average Bonchev–Trinajstić information content (AvgIpc) is 3.02. The van der Waals surface area contributed by atoms with Gasteiger partial charge in [-0.15, -0.1) is 0 Å².